The van der Waals surface area contributed by atoms with E-state index in [9.17, 15) is 18.3 Å². The minimum absolute atomic E-state index is 0.0745. The largest absolute Gasteiger partial charge is 0.351 e. The van der Waals surface area contributed by atoms with Crippen molar-refractivity contribution in [1.82, 2.24) is 0 Å². The number of carbonyl (C=O) groups excluding carboxylic acids is 1. The van der Waals surface area contributed by atoms with Crippen LogP contribution >= 0.6 is 0 Å². The third-order valence-electron chi connectivity index (χ3n) is 4.98. The fourth-order valence-corrected chi connectivity index (χ4v) is 4.29. The number of carbonyl (C=O) groups is 1. The molecule has 0 spiro atoms. The zero-order valence-corrected chi connectivity index (χ0v) is 17.8. The van der Waals surface area contributed by atoms with Gasteiger partial charge in [0.25, 0.3) is 0 Å². The van der Waals surface area contributed by atoms with Gasteiger partial charge in [0.15, 0.2) is 9.84 Å². The van der Waals surface area contributed by atoms with Gasteiger partial charge in [-0.05, 0) is 49.2 Å². The molecule has 1 N–H and O–H groups in total. The average molecular weight is 419 g/mol. The fourth-order valence-electron chi connectivity index (χ4n) is 3.66. The van der Waals surface area contributed by atoms with Gasteiger partial charge in [-0.2, -0.15) is 0 Å². The summed E-state index contributed by atoms with van der Waals surface area (Å²) < 4.78 is 28.8. The molecule has 7 nitrogen and oxygen atoms in total. The third kappa shape index (κ3) is 4.29. The Labute approximate surface area is 171 Å². The SMILES string of the molecule is CCOC(O)N1C[C@H](C)N(C(C)=O)c2ccc(-c3ccc(S(C)(=O)=O)cc3)cc21. The van der Waals surface area contributed by atoms with Crippen LogP contribution in [-0.2, 0) is 19.4 Å². The Morgan fingerprint density at radius 1 is 1.17 bits per heavy atom. The van der Waals surface area contributed by atoms with Crippen molar-refractivity contribution in [3.63, 3.8) is 0 Å². The second-order valence-electron chi connectivity index (χ2n) is 7.17. The Balaban J connectivity index is 2.08. The summed E-state index contributed by atoms with van der Waals surface area (Å²) in [4.78, 5) is 15.9. The monoisotopic (exact) mass is 418 g/mol. The van der Waals surface area contributed by atoms with Crippen molar-refractivity contribution in [2.45, 2.75) is 38.1 Å². The quantitative estimate of drug-likeness (QED) is 0.751. The van der Waals surface area contributed by atoms with Crippen LogP contribution in [-0.4, -0.2) is 51.3 Å². The lowest BCUT2D eigenvalue weighted by Crippen LogP contribution is -2.53. The first-order chi connectivity index (χ1) is 13.6. The van der Waals surface area contributed by atoms with Gasteiger partial charge in [-0.3, -0.25) is 4.79 Å². The molecule has 3 rings (SSSR count). The number of benzene rings is 2. The normalized spacial score (nSPS) is 17.8. The van der Waals surface area contributed by atoms with E-state index >= 15 is 0 Å². The van der Waals surface area contributed by atoms with E-state index in [-0.39, 0.29) is 16.8 Å². The molecule has 1 aliphatic rings. The van der Waals surface area contributed by atoms with Gasteiger partial charge in [0.05, 0.1) is 22.3 Å². The van der Waals surface area contributed by atoms with Crippen LogP contribution < -0.4 is 9.80 Å². The van der Waals surface area contributed by atoms with Crippen LogP contribution in [0.5, 0.6) is 0 Å². The molecular formula is C21H26N2O5S. The van der Waals surface area contributed by atoms with Crippen molar-refractivity contribution >= 4 is 27.1 Å². The van der Waals surface area contributed by atoms with E-state index in [1.54, 1.807) is 41.0 Å². The number of aliphatic hydroxyl groups is 1. The summed E-state index contributed by atoms with van der Waals surface area (Å²) in [5.41, 5.74) is 3.06. The zero-order chi connectivity index (χ0) is 21.3. The molecule has 2 aromatic rings. The maximum absolute atomic E-state index is 12.2. The maximum Gasteiger partial charge on any atom is 0.238 e. The molecule has 1 unspecified atom stereocenters. The topological polar surface area (TPSA) is 87.2 Å². The summed E-state index contributed by atoms with van der Waals surface area (Å²) in [7, 11) is -3.27. The molecule has 1 heterocycles. The molecule has 0 saturated heterocycles. The van der Waals surface area contributed by atoms with Gasteiger partial charge in [-0.1, -0.05) is 18.2 Å². The molecule has 0 fully saturated rings. The van der Waals surface area contributed by atoms with E-state index in [0.29, 0.717) is 24.5 Å². The lowest BCUT2D eigenvalue weighted by atomic mass is 10.0. The van der Waals surface area contributed by atoms with Gasteiger partial charge < -0.3 is 19.6 Å². The van der Waals surface area contributed by atoms with Crippen LogP contribution in [0.1, 0.15) is 20.8 Å². The third-order valence-corrected chi connectivity index (χ3v) is 6.11. The summed E-state index contributed by atoms with van der Waals surface area (Å²) in [6.45, 7) is 6.02. The molecule has 1 aliphatic heterocycles. The summed E-state index contributed by atoms with van der Waals surface area (Å²) in [6.07, 6.45) is 0.0453. The van der Waals surface area contributed by atoms with E-state index in [4.69, 9.17) is 4.74 Å². The van der Waals surface area contributed by atoms with Gasteiger partial charge in [-0.25, -0.2) is 8.42 Å². The van der Waals surface area contributed by atoms with Crippen LogP contribution in [0, 0.1) is 0 Å². The molecule has 0 bridgehead atoms. The predicted molar refractivity (Wildman–Crippen MR) is 113 cm³/mol. The smallest absolute Gasteiger partial charge is 0.238 e. The highest BCUT2D eigenvalue weighted by Gasteiger charge is 2.33. The lowest BCUT2D eigenvalue weighted by Gasteiger charge is -2.43. The molecule has 2 aromatic carbocycles. The predicted octanol–water partition coefficient (Wildman–Crippen LogP) is 2.63. The molecular weight excluding hydrogens is 392 g/mol. The highest BCUT2D eigenvalue weighted by molar-refractivity contribution is 7.90. The van der Waals surface area contributed by atoms with Crippen LogP contribution in [0.15, 0.2) is 47.4 Å². The number of fused-ring (bicyclic) bond motifs is 1. The Bertz CT molecular complexity index is 1000. The van der Waals surface area contributed by atoms with Crippen molar-refractivity contribution in [3.8, 4) is 11.1 Å². The first-order valence-electron chi connectivity index (χ1n) is 9.44. The van der Waals surface area contributed by atoms with Crippen molar-refractivity contribution in [2.75, 3.05) is 29.2 Å². The molecule has 0 saturated carbocycles. The number of amides is 1. The van der Waals surface area contributed by atoms with E-state index < -0.39 is 16.3 Å². The van der Waals surface area contributed by atoms with Crippen LogP contribution in [0.2, 0.25) is 0 Å². The standard InChI is InChI=1S/C21H26N2O5S/c1-5-28-21(25)22-13-14(2)23(15(3)24)19-11-8-17(12-20(19)22)16-6-9-18(10-7-16)29(4,26)27/h6-12,14,21,25H,5,13H2,1-4H3/t14-,21?/m0/s1. The van der Waals surface area contributed by atoms with Gasteiger partial charge in [0.2, 0.25) is 12.3 Å². The lowest BCUT2D eigenvalue weighted by molar-refractivity contribution is -0.117. The van der Waals surface area contributed by atoms with Gasteiger partial charge in [0, 0.05) is 26.3 Å². The average Bonchev–Trinajstić information content (AvgIpc) is 2.66. The second kappa shape index (κ2) is 8.14. The van der Waals surface area contributed by atoms with Crippen LogP contribution in [0.25, 0.3) is 11.1 Å². The number of aliphatic hydroxyl groups excluding tert-OH is 1. The van der Waals surface area contributed by atoms with E-state index in [1.807, 2.05) is 25.1 Å². The number of nitrogens with zero attached hydrogens (tertiary/aromatic N) is 2. The highest BCUT2D eigenvalue weighted by Crippen LogP contribution is 2.39. The Morgan fingerprint density at radius 3 is 2.34 bits per heavy atom. The Kier molecular flexibility index (Phi) is 5.97. The van der Waals surface area contributed by atoms with Crippen molar-refractivity contribution in [3.05, 3.63) is 42.5 Å². The van der Waals surface area contributed by atoms with Crippen molar-refractivity contribution in [1.29, 1.82) is 0 Å². The number of hydrogen-bond donors (Lipinski definition) is 1. The first kappa shape index (κ1) is 21.3. The first-order valence-corrected chi connectivity index (χ1v) is 11.3. The second-order valence-corrected chi connectivity index (χ2v) is 9.19. The Morgan fingerprint density at radius 2 is 1.79 bits per heavy atom. The molecule has 0 aliphatic carbocycles. The minimum atomic E-state index is -3.27. The highest BCUT2D eigenvalue weighted by atomic mass is 32.2. The van der Waals surface area contributed by atoms with Gasteiger partial charge in [-0.15, -0.1) is 0 Å². The molecule has 1 amide bonds. The van der Waals surface area contributed by atoms with Gasteiger partial charge in [0.1, 0.15) is 0 Å². The summed E-state index contributed by atoms with van der Waals surface area (Å²) in [5.74, 6) is -0.0745. The summed E-state index contributed by atoms with van der Waals surface area (Å²) >= 11 is 0. The summed E-state index contributed by atoms with van der Waals surface area (Å²) in [6, 6.07) is 12.1. The van der Waals surface area contributed by atoms with Crippen molar-refractivity contribution in [2.24, 2.45) is 0 Å². The van der Waals surface area contributed by atoms with Crippen LogP contribution in [0.3, 0.4) is 0 Å². The number of sulfone groups is 1. The van der Waals surface area contributed by atoms with E-state index in [2.05, 4.69) is 0 Å². The van der Waals surface area contributed by atoms with Crippen molar-refractivity contribution < 1.29 is 23.1 Å². The van der Waals surface area contributed by atoms with E-state index in [0.717, 1.165) is 11.1 Å². The molecule has 2 atom stereocenters. The molecule has 0 aromatic heterocycles. The molecule has 29 heavy (non-hydrogen) atoms. The number of anilines is 2. The maximum atomic E-state index is 12.2. The summed E-state index contributed by atoms with van der Waals surface area (Å²) in [5, 5.41) is 10.5. The minimum Gasteiger partial charge on any atom is -0.351 e. The fraction of sp³-hybridized carbons (Fsp3) is 0.381. The number of hydrogen-bond acceptors (Lipinski definition) is 6. The molecule has 156 valence electrons. The van der Waals surface area contributed by atoms with Gasteiger partial charge >= 0.3 is 0 Å². The number of rotatable bonds is 5. The molecule has 8 heteroatoms. The molecule has 0 radical (unpaired) electrons. The number of ether oxygens (including phenoxy) is 1. The van der Waals surface area contributed by atoms with Crippen LogP contribution in [0.4, 0.5) is 11.4 Å². The zero-order valence-electron chi connectivity index (χ0n) is 17.0. The van der Waals surface area contributed by atoms with E-state index in [1.165, 1.54) is 13.2 Å². The Hall–Kier alpha value is -2.42.